The van der Waals surface area contributed by atoms with E-state index in [9.17, 15) is 13.2 Å². The Balaban J connectivity index is 2.64. The van der Waals surface area contributed by atoms with Gasteiger partial charge in [-0.05, 0) is 57.7 Å². The van der Waals surface area contributed by atoms with Crippen molar-refractivity contribution in [2.45, 2.75) is 25.2 Å². The maximum Gasteiger partial charge on any atom is 0.240 e. The lowest BCUT2D eigenvalue weighted by Gasteiger charge is -2.22. The first kappa shape index (κ1) is 21.4. The number of nitrogens with zero attached hydrogens (tertiary/aromatic N) is 2. The van der Waals surface area contributed by atoms with Gasteiger partial charge in [0.2, 0.25) is 15.9 Å². The normalized spacial score (nSPS) is 11.6. The molecular formula is C17H29N3O4S. The molecule has 0 heterocycles. The number of sulfonamides is 1. The van der Waals surface area contributed by atoms with E-state index < -0.39 is 10.0 Å². The van der Waals surface area contributed by atoms with Crippen LogP contribution in [0.15, 0.2) is 23.1 Å². The third-order valence-corrected chi connectivity index (χ3v) is 5.45. The Morgan fingerprint density at radius 1 is 1.20 bits per heavy atom. The zero-order valence-electron chi connectivity index (χ0n) is 15.7. The van der Waals surface area contributed by atoms with Crippen LogP contribution in [0.5, 0.6) is 5.75 Å². The van der Waals surface area contributed by atoms with Gasteiger partial charge in [-0.15, -0.1) is 0 Å². The van der Waals surface area contributed by atoms with E-state index in [1.54, 1.807) is 24.0 Å². The first-order valence-electron chi connectivity index (χ1n) is 8.22. The lowest BCUT2D eigenvalue weighted by molar-refractivity contribution is -0.128. The molecule has 0 aliphatic heterocycles. The zero-order chi connectivity index (χ0) is 19.0. The summed E-state index contributed by atoms with van der Waals surface area (Å²) in [4.78, 5) is 15.6. The molecule has 142 valence electrons. The van der Waals surface area contributed by atoms with Gasteiger partial charge in [-0.1, -0.05) is 0 Å². The summed E-state index contributed by atoms with van der Waals surface area (Å²) in [5.41, 5.74) is 0.612. The van der Waals surface area contributed by atoms with Crippen molar-refractivity contribution in [1.29, 1.82) is 0 Å². The van der Waals surface area contributed by atoms with Gasteiger partial charge in [0.05, 0.1) is 12.0 Å². The largest absolute Gasteiger partial charge is 0.497 e. The Hall–Kier alpha value is -1.64. The predicted molar refractivity (Wildman–Crippen MR) is 98.3 cm³/mol. The maximum absolute atomic E-state index is 12.4. The van der Waals surface area contributed by atoms with Crippen LogP contribution < -0.4 is 9.46 Å². The Labute approximate surface area is 151 Å². The Morgan fingerprint density at radius 3 is 2.40 bits per heavy atom. The Kier molecular flexibility index (Phi) is 8.34. The molecule has 1 N–H and O–H groups in total. The van der Waals surface area contributed by atoms with Crippen LogP contribution in [0.1, 0.15) is 18.9 Å². The highest BCUT2D eigenvalue weighted by Crippen LogP contribution is 2.20. The average Bonchev–Trinajstić information content (AvgIpc) is 2.52. The summed E-state index contributed by atoms with van der Waals surface area (Å²) >= 11 is 0. The second-order valence-corrected chi connectivity index (χ2v) is 7.93. The lowest BCUT2D eigenvalue weighted by atomic mass is 10.2. The molecule has 8 heteroatoms. The van der Waals surface area contributed by atoms with Crippen LogP contribution in [-0.2, 0) is 14.8 Å². The number of rotatable bonds is 10. The van der Waals surface area contributed by atoms with Crippen LogP contribution >= 0.6 is 0 Å². The number of amides is 1. The van der Waals surface area contributed by atoms with Crippen LogP contribution in [0, 0.1) is 6.92 Å². The number of carbonyl (C=O) groups excluding carboxylic acids is 1. The maximum atomic E-state index is 12.4. The van der Waals surface area contributed by atoms with Crippen molar-refractivity contribution < 1.29 is 17.9 Å². The topological polar surface area (TPSA) is 79.0 Å². The standard InChI is InChI=1S/C17H29N3O4S/c1-14-13-16(24-5)7-8-17(14)25(22,23)18-9-12-20(15(2)21)11-6-10-19(3)4/h7-8,13,18H,6,9-12H2,1-5H3. The highest BCUT2D eigenvalue weighted by atomic mass is 32.2. The molecule has 7 nitrogen and oxygen atoms in total. The number of carbonyl (C=O) groups is 1. The Bertz CT molecular complexity index is 674. The van der Waals surface area contributed by atoms with Gasteiger partial charge in [0.25, 0.3) is 0 Å². The van der Waals surface area contributed by atoms with Crippen LogP contribution in [-0.4, -0.2) is 71.5 Å². The van der Waals surface area contributed by atoms with E-state index in [1.807, 2.05) is 19.0 Å². The number of nitrogens with one attached hydrogen (secondary N) is 1. The average molecular weight is 372 g/mol. The van der Waals surface area contributed by atoms with Gasteiger partial charge in [-0.25, -0.2) is 13.1 Å². The van der Waals surface area contributed by atoms with E-state index in [0.29, 0.717) is 24.4 Å². The van der Waals surface area contributed by atoms with E-state index in [2.05, 4.69) is 4.72 Å². The molecule has 0 bridgehead atoms. The van der Waals surface area contributed by atoms with Crippen LogP contribution in [0.4, 0.5) is 0 Å². The van der Waals surface area contributed by atoms with Crippen molar-refractivity contribution in [2.24, 2.45) is 0 Å². The fraction of sp³-hybridized carbons (Fsp3) is 0.588. The summed E-state index contributed by atoms with van der Waals surface area (Å²) in [5, 5.41) is 0. The summed E-state index contributed by atoms with van der Waals surface area (Å²) in [6, 6.07) is 4.82. The highest BCUT2D eigenvalue weighted by molar-refractivity contribution is 7.89. The molecule has 0 radical (unpaired) electrons. The van der Waals surface area contributed by atoms with Crippen LogP contribution in [0.2, 0.25) is 0 Å². The highest BCUT2D eigenvalue weighted by Gasteiger charge is 2.18. The minimum Gasteiger partial charge on any atom is -0.497 e. The molecule has 0 aromatic heterocycles. The second-order valence-electron chi connectivity index (χ2n) is 6.19. The number of benzene rings is 1. The molecular weight excluding hydrogens is 342 g/mol. The molecule has 1 aromatic rings. The van der Waals surface area contributed by atoms with Crippen molar-refractivity contribution in [2.75, 3.05) is 47.4 Å². The summed E-state index contributed by atoms with van der Waals surface area (Å²) < 4.78 is 32.5. The van der Waals surface area contributed by atoms with E-state index >= 15 is 0 Å². The number of hydrogen-bond donors (Lipinski definition) is 1. The molecule has 0 fully saturated rings. The molecule has 0 saturated carbocycles. The molecule has 0 atom stereocenters. The first-order chi connectivity index (χ1) is 11.7. The summed E-state index contributed by atoms with van der Waals surface area (Å²) in [7, 11) is 1.86. The van der Waals surface area contributed by atoms with E-state index in [1.165, 1.54) is 20.1 Å². The van der Waals surface area contributed by atoms with Gasteiger partial charge < -0.3 is 14.5 Å². The molecule has 0 saturated heterocycles. The summed E-state index contributed by atoms with van der Waals surface area (Å²) in [5.74, 6) is 0.554. The minimum atomic E-state index is -3.62. The third-order valence-electron chi connectivity index (χ3n) is 3.82. The van der Waals surface area contributed by atoms with Gasteiger partial charge in [0.1, 0.15) is 5.75 Å². The van der Waals surface area contributed by atoms with Crippen LogP contribution in [0.3, 0.4) is 0 Å². The number of methoxy groups -OCH3 is 1. The lowest BCUT2D eigenvalue weighted by Crippen LogP contribution is -2.38. The number of hydrogen-bond acceptors (Lipinski definition) is 5. The molecule has 1 rings (SSSR count). The summed E-state index contributed by atoms with van der Waals surface area (Å²) in [6.45, 7) is 5.22. The van der Waals surface area contributed by atoms with Gasteiger partial charge in [0.15, 0.2) is 0 Å². The van der Waals surface area contributed by atoms with Crippen LogP contribution in [0.25, 0.3) is 0 Å². The van der Waals surface area contributed by atoms with Gasteiger partial charge >= 0.3 is 0 Å². The van der Waals surface area contributed by atoms with Crippen molar-refractivity contribution in [1.82, 2.24) is 14.5 Å². The molecule has 1 aromatic carbocycles. The minimum absolute atomic E-state index is 0.0569. The molecule has 0 aliphatic carbocycles. The molecule has 0 aliphatic rings. The third kappa shape index (κ3) is 7.01. The zero-order valence-corrected chi connectivity index (χ0v) is 16.5. The smallest absolute Gasteiger partial charge is 0.240 e. The number of aryl methyl sites for hydroxylation is 1. The molecule has 0 unspecified atom stereocenters. The molecule has 1 amide bonds. The Morgan fingerprint density at radius 2 is 1.88 bits per heavy atom. The van der Waals surface area contributed by atoms with E-state index in [0.717, 1.165) is 13.0 Å². The number of ether oxygens (including phenoxy) is 1. The quantitative estimate of drug-likeness (QED) is 0.666. The fourth-order valence-corrected chi connectivity index (χ4v) is 3.69. The van der Waals surface area contributed by atoms with Crippen molar-refractivity contribution in [3.63, 3.8) is 0 Å². The summed E-state index contributed by atoms with van der Waals surface area (Å²) in [6.07, 6.45) is 0.844. The second kappa shape index (κ2) is 9.74. The van der Waals surface area contributed by atoms with Crippen molar-refractivity contribution >= 4 is 15.9 Å². The first-order valence-corrected chi connectivity index (χ1v) is 9.70. The monoisotopic (exact) mass is 371 g/mol. The fourth-order valence-electron chi connectivity index (χ4n) is 2.45. The van der Waals surface area contributed by atoms with Gasteiger partial charge in [-0.3, -0.25) is 4.79 Å². The van der Waals surface area contributed by atoms with E-state index in [4.69, 9.17) is 4.74 Å². The molecule has 0 spiro atoms. The van der Waals surface area contributed by atoms with Crippen molar-refractivity contribution in [3.8, 4) is 5.75 Å². The SMILES string of the molecule is COc1ccc(S(=O)(=O)NCCN(CCCN(C)C)C(C)=O)c(C)c1. The van der Waals surface area contributed by atoms with Gasteiger partial charge in [0, 0.05) is 26.6 Å². The molecule has 25 heavy (non-hydrogen) atoms. The predicted octanol–water partition coefficient (Wildman–Crippen LogP) is 1.08. The van der Waals surface area contributed by atoms with E-state index in [-0.39, 0.29) is 17.3 Å². The van der Waals surface area contributed by atoms with Gasteiger partial charge in [-0.2, -0.15) is 0 Å². The van der Waals surface area contributed by atoms with Crippen molar-refractivity contribution in [3.05, 3.63) is 23.8 Å².